The number of sulfone groups is 1. The molecule has 1 atom stereocenters. The van der Waals surface area contributed by atoms with E-state index in [9.17, 15) is 18.0 Å². The van der Waals surface area contributed by atoms with Crippen LogP contribution in [-0.4, -0.2) is 55.0 Å². The molecule has 0 aromatic heterocycles. The van der Waals surface area contributed by atoms with Crippen LogP contribution in [0.1, 0.15) is 19.3 Å². The van der Waals surface area contributed by atoms with E-state index >= 15 is 0 Å². The maximum absolute atomic E-state index is 13.0. The number of carbonyl (C=O) groups is 2. The van der Waals surface area contributed by atoms with Crippen molar-refractivity contribution < 1.29 is 18.0 Å². The van der Waals surface area contributed by atoms with Gasteiger partial charge in [0.25, 0.3) is 5.91 Å². The lowest BCUT2D eigenvalue weighted by Crippen LogP contribution is -2.45. The van der Waals surface area contributed by atoms with E-state index in [2.05, 4.69) is 11.7 Å². The Kier molecular flexibility index (Phi) is 5.22. The molecule has 0 saturated carbocycles. The maximum Gasteiger partial charge on any atom is 0.274 e. The fourth-order valence-corrected chi connectivity index (χ4v) is 4.87. The third-order valence-corrected chi connectivity index (χ3v) is 6.24. The Morgan fingerprint density at radius 2 is 2.04 bits per heavy atom. The highest BCUT2D eigenvalue weighted by Gasteiger charge is 2.37. The molecule has 0 radical (unpaired) electrons. The van der Waals surface area contributed by atoms with Crippen molar-refractivity contribution in [2.24, 2.45) is 5.10 Å². The van der Waals surface area contributed by atoms with E-state index in [-0.39, 0.29) is 41.9 Å². The van der Waals surface area contributed by atoms with E-state index in [0.29, 0.717) is 18.7 Å². The average molecular weight is 375 g/mol. The van der Waals surface area contributed by atoms with Crippen LogP contribution < -0.4 is 4.90 Å². The minimum absolute atomic E-state index is 0.0485. The van der Waals surface area contributed by atoms with Crippen molar-refractivity contribution in [2.45, 2.75) is 25.3 Å². The molecule has 3 rings (SSSR count). The molecular formula is C18H21N3O4S. The first-order valence-electron chi connectivity index (χ1n) is 8.49. The van der Waals surface area contributed by atoms with Crippen LogP contribution in [0, 0.1) is 0 Å². The Morgan fingerprint density at radius 1 is 1.31 bits per heavy atom. The number of rotatable bonds is 5. The predicted molar refractivity (Wildman–Crippen MR) is 99.6 cm³/mol. The summed E-state index contributed by atoms with van der Waals surface area (Å²) in [4.78, 5) is 26.7. The number of nitrogens with zero attached hydrogens (tertiary/aromatic N) is 3. The second-order valence-corrected chi connectivity index (χ2v) is 8.61. The molecule has 1 fully saturated rings. The molecule has 138 valence electrons. The van der Waals surface area contributed by atoms with Crippen molar-refractivity contribution in [2.75, 3.05) is 23.0 Å². The first-order chi connectivity index (χ1) is 12.4. The fraction of sp³-hybridized carbons (Fsp3) is 0.389. The van der Waals surface area contributed by atoms with Crippen molar-refractivity contribution in [1.82, 2.24) is 5.01 Å². The molecule has 1 aromatic rings. The molecule has 26 heavy (non-hydrogen) atoms. The van der Waals surface area contributed by atoms with Crippen LogP contribution in [0.2, 0.25) is 0 Å². The summed E-state index contributed by atoms with van der Waals surface area (Å²) in [6.45, 7) is 4.01. The largest absolute Gasteiger partial charge is 0.303 e. The Morgan fingerprint density at radius 3 is 2.65 bits per heavy atom. The third kappa shape index (κ3) is 3.85. The number of hydrazone groups is 1. The summed E-state index contributed by atoms with van der Waals surface area (Å²) in [5, 5.41) is 5.46. The van der Waals surface area contributed by atoms with Crippen LogP contribution in [0.15, 0.2) is 48.1 Å². The quantitative estimate of drug-likeness (QED) is 0.728. The van der Waals surface area contributed by atoms with E-state index in [4.69, 9.17) is 0 Å². The monoisotopic (exact) mass is 375 g/mol. The van der Waals surface area contributed by atoms with Gasteiger partial charge in [0.05, 0.1) is 17.5 Å². The standard InChI is InChI=1S/C18H21N3O4S/c1-2-11-20(14-6-4-3-5-7-14)18(23)16-8-9-17(22)21(19-16)15-10-12-26(24,25)13-15/h2-7,15H,1,8-13H2/t15-/m0/s1. The van der Waals surface area contributed by atoms with Crippen LogP contribution >= 0.6 is 0 Å². The zero-order valence-corrected chi connectivity index (χ0v) is 15.2. The molecule has 0 aliphatic carbocycles. The van der Waals surface area contributed by atoms with Crippen LogP contribution in [0.3, 0.4) is 0 Å². The van der Waals surface area contributed by atoms with Gasteiger partial charge in [0.1, 0.15) is 5.71 Å². The van der Waals surface area contributed by atoms with Crippen LogP contribution in [0.4, 0.5) is 5.69 Å². The lowest BCUT2D eigenvalue weighted by Gasteiger charge is -2.29. The molecule has 2 heterocycles. The normalized spacial score (nSPS) is 22.0. The number of amides is 2. The third-order valence-electron chi connectivity index (χ3n) is 4.49. The number of carbonyl (C=O) groups excluding carboxylic acids is 2. The molecule has 0 spiro atoms. The Balaban J connectivity index is 1.86. The lowest BCUT2D eigenvalue weighted by molar-refractivity contribution is -0.133. The highest BCUT2D eigenvalue weighted by atomic mass is 32.2. The van der Waals surface area contributed by atoms with Gasteiger partial charge in [0, 0.05) is 25.1 Å². The molecule has 2 aliphatic rings. The summed E-state index contributed by atoms with van der Waals surface area (Å²) in [7, 11) is -3.15. The van der Waals surface area contributed by atoms with Crippen molar-refractivity contribution in [1.29, 1.82) is 0 Å². The number of benzene rings is 1. The van der Waals surface area contributed by atoms with Crippen molar-refractivity contribution in [3.05, 3.63) is 43.0 Å². The van der Waals surface area contributed by atoms with Crippen LogP contribution in [-0.2, 0) is 19.4 Å². The number of hydrogen-bond acceptors (Lipinski definition) is 5. The molecule has 0 unspecified atom stereocenters. The number of hydrogen-bond donors (Lipinski definition) is 0. The van der Waals surface area contributed by atoms with E-state index in [0.717, 1.165) is 0 Å². The highest BCUT2D eigenvalue weighted by molar-refractivity contribution is 7.91. The molecule has 0 N–H and O–H groups in total. The van der Waals surface area contributed by atoms with Crippen molar-refractivity contribution in [3.8, 4) is 0 Å². The Bertz CT molecular complexity index is 848. The lowest BCUT2D eigenvalue weighted by atomic mass is 10.1. The SMILES string of the molecule is C=CCN(C(=O)C1=NN([C@H]2CCS(=O)(=O)C2)C(=O)CC1)c1ccccc1. The Hall–Kier alpha value is -2.48. The smallest absolute Gasteiger partial charge is 0.274 e. The zero-order valence-electron chi connectivity index (χ0n) is 14.4. The van der Waals surface area contributed by atoms with Gasteiger partial charge in [-0.2, -0.15) is 5.10 Å². The predicted octanol–water partition coefficient (Wildman–Crippen LogP) is 1.37. The van der Waals surface area contributed by atoms with Crippen molar-refractivity contribution >= 4 is 33.1 Å². The van der Waals surface area contributed by atoms with Gasteiger partial charge in [0.15, 0.2) is 9.84 Å². The molecule has 2 amide bonds. The molecule has 8 heteroatoms. The molecular weight excluding hydrogens is 354 g/mol. The number of anilines is 1. The van der Waals surface area contributed by atoms with E-state index in [1.165, 1.54) is 5.01 Å². The summed E-state index contributed by atoms with van der Waals surface area (Å²) in [6.07, 6.45) is 2.38. The molecule has 1 aromatic carbocycles. The van der Waals surface area contributed by atoms with Gasteiger partial charge in [-0.25, -0.2) is 13.4 Å². The van der Waals surface area contributed by atoms with Gasteiger partial charge < -0.3 is 4.90 Å². The minimum Gasteiger partial charge on any atom is -0.303 e. The second-order valence-electron chi connectivity index (χ2n) is 6.38. The summed E-state index contributed by atoms with van der Waals surface area (Å²) in [5.41, 5.74) is 0.978. The van der Waals surface area contributed by atoms with Crippen LogP contribution in [0.25, 0.3) is 0 Å². The van der Waals surface area contributed by atoms with E-state index in [1.807, 2.05) is 30.3 Å². The van der Waals surface area contributed by atoms with Gasteiger partial charge in [-0.05, 0) is 18.6 Å². The topological polar surface area (TPSA) is 87.1 Å². The average Bonchev–Trinajstić information content (AvgIpc) is 3.00. The minimum atomic E-state index is -3.15. The van der Waals surface area contributed by atoms with Crippen molar-refractivity contribution in [3.63, 3.8) is 0 Å². The summed E-state index contributed by atoms with van der Waals surface area (Å²) in [5.74, 6) is -0.584. The zero-order chi connectivity index (χ0) is 18.7. The second kappa shape index (κ2) is 7.41. The van der Waals surface area contributed by atoms with E-state index < -0.39 is 15.9 Å². The summed E-state index contributed by atoms with van der Waals surface area (Å²) < 4.78 is 23.4. The Labute approximate surface area is 152 Å². The number of para-hydroxylation sites is 1. The van der Waals surface area contributed by atoms with Gasteiger partial charge in [-0.1, -0.05) is 24.3 Å². The van der Waals surface area contributed by atoms with Gasteiger partial charge in [-0.3, -0.25) is 9.59 Å². The maximum atomic E-state index is 13.0. The molecule has 0 bridgehead atoms. The van der Waals surface area contributed by atoms with Gasteiger partial charge >= 0.3 is 0 Å². The first kappa shape index (κ1) is 18.3. The van der Waals surface area contributed by atoms with E-state index in [1.54, 1.807) is 11.0 Å². The van der Waals surface area contributed by atoms with Gasteiger partial charge in [-0.15, -0.1) is 6.58 Å². The van der Waals surface area contributed by atoms with Crippen LogP contribution in [0.5, 0.6) is 0 Å². The summed E-state index contributed by atoms with van der Waals surface area (Å²) >= 11 is 0. The van der Waals surface area contributed by atoms with Gasteiger partial charge in [0.2, 0.25) is 5.91 Å². The summed E-state index contributed by atoms with van der Waals surface area (Å²) in [6, 6.07) is 8.68. The molecule has 7 nitrogen and oxygen atoms in total. The fourth-order valence-electron chi connectivity index (χ4n) is 3.18. The first-order valence-corrected chi connectivity index (χ1v) is 10.3. The molecule has 2 aliphatic heterocycles. The highest BCUT2D eigenvalue weighted by Crippen LogP contribution is 2.23. The molecule has 1 saturated heterocycles.